The van der Waals surface area contributed by atoms with Crippen molar-refractivity contribution >= 4 is 17.9 Å². The second kappa shape index (κ2) is 5.12. The number of hydrogen-bond acceptors (Lipinski definition) is 5. The molecule has 0 bridgehead atoms. The van der Waals surface area contributed by atoms with Crippen LogP contribution < -0.4 is 0 Å². The van der Waals surface area contributed by atoms with Crippen molar-refractivity contribution in [1.82, 2.24) is 0 Å². The maximum absolute atomic E-state index is 11.1. The second-order valence-electron chi connectivity index (χ2n) is 3.15. The lowest BCUT2D eigenvalue weighted by Crippen LogP contribution is -2.07. The van der Waals surface area contributed by atoms with E-state index in [2.05, 4.69) is 15.4 Å². The van der Waals surface area contributed by atoms with Crippen LogP contribution in [-0.2, 0) is 23.9 Å². The fourth-order valence-electron chi connectivity index (χ4n) is 1.21. The molecule has 0 amide bonds. The molecule has 1 aliphatic rings. The molecule has 1 rings (SSSR count). The molecule has 0 saturated carbocycles. The van der Waals surface area contributed by atoms with Crippen LogP contribution in [0, 0.1) is 12.3 Å². The van der Waals surface area contributed by atoms with Gasteiger partial charge in [-0.05, 0) is 13.3 Å². The minimum atomic E-state index is -0.688. The van der Waals surface area contributed by atoms with Crippen LogP contribution in [0.5, 0.6) is 0 Å². The molecule has 0 atom stereocenters. The third kappa shape index (κ3) is 2.70. The van der Waals surface area contributed by atoms with Crippen molar-refractivity contribution in [2.24, 2.45) is 0 Å². The molecule has 0 N–H and O–H groups in total. The first kappa shape index (κ1) is 12.0. The lowest BCUT2D eigenvalue weighted by atomic mass is 10.1. The van der Waals surface area contributed by atoms with E-state index >= 15 is 0 Å². The van der Waals surface area contributed by atoms with Crippen LogP contribution in [0.1, 0.15) is 19.8 Å². The molecular weight excluding hydrogens is 212 g/mol. The zero-order chi connectivity index (χ0) is 12.1. The predicted molar refractivity (Wildman–Crippen MR) is 52.8 cm³/mol. The van der Waals surface area contributed by atoms with Gasteiger partial charge < -0.3 is 9.47 Å². The average Bonchev–Trinajstić information content (AvgIpc) is 2.48. The Hall–Kier alpha value is -2.09. The Morgan fingerprint density at radius 2 is 2.12 bits per heavy atom. The van der Waals surface area contributed by atoms with Gasteiger partial charge in [0.2, 0.25) is 0 Å². The maximum atomic E-state index is 11.1. The molecule has 0 aromatic heterocycles. The van der Waals surface area contributed by atoms with Crippen molar-refractivity contribution < 1.29 is 23.9 Å². The summed E-state index contributed by atoms with van der Waals surface area (Å²) in [5, 5.41) is 0. The highest BCUT2D eigenvalue weighted by Crippen LogP contribution is 2.21. The number of esters is 3. The molecule has 1 heterocycles. The normalized spacial score (nSPS) is 14.8. The molecule has 0 aliphatic carbocycles. The summed E-state index contributed by atoms with van der Waals surface area (Å²) < 4.78 is 8.98. The first-order chi connectivity index (χ1) is 7.56. The summed E-state index contributed by atoms with van der Waals surface area (Å²) in [4.78, 5) is 33.2. The van der Waals surface area contributed by atoms with Gasteiger partial charge in [-0.2, -0.15) is 0 Å². The van der Waals surface area contributed by atoms with E-state index < -0.39 is 17.9 Å². The summed E-state index contributed by atoms with van der Waals surface area (Å²) in [6.07, 6.45) is 5.02. The fourth-order valence-corrected chi connectivity index (χ4v) is 1.21. The van der Waals surface area contributed by atoms with E-state index in [0.717, 1.165) is 0 Å². The molecule has 0 saturated heterocycles. The van der Waals surface area contributed by atoms with Gasteiger partial charge in [0.1, 0.15) is 0 Å². The minimum absolute atomic E-state index is 0.00324. The van der Waals surface area contributed by atoms with Crippen molar-refractivity contribution in [3.63, 3.8) is 0 Å². The molecule has 1 aliphatic heterocycles. The van der Waals surface area contributed by atoms with Gasteiger partial charge in [-0.3, -0.25) is 4.79 Å². The number of hydrogen-bond donors (Lipinski definition) is 0. The number of carbonyl (C=O) groups is 3. The van der Waals surface area contributed by atoms with Crippen LogP contribution in [0.2, 0.25) is 0 Å². The Morgan fingerprint density at radius 1 is 1.44 bits per heavy atom. The Balaban J connectivity index is 2.50. The molecule has 5 nitrogen and oxygen atoms in total. The van der Waals surface area contributed by atoms with E-state index in [1.165, 1.54) is 6.92 Å². The second-order valence-corrected chi connectivity index (χ2v) is 3.15. The molecule has 0 aromatic rings. The van der Waals surface area contributed by atoms with E-state index in [-0.39, 0.29) is 30.6 Å². The van der Waals surface area contributed by atoms with Gasteiger partial charge in [-0.1, -0.05) is 5.92 Å². The highest BCUT2D eigenvalue weighted by atomic mass is 16.6. The summed E-state index contributed by atoms with van der Waals surface area (Å²) in [6.45, 7) is 1.38. The van der Waals surface area contributed by atoms with Crippen LogP contribution in [0.15, 0.2) is 11.1 Å². The van der Waals surface area contributed by atoms with Gasteiger partial charge in [0.15, 0.2) is 6.61 Å². The van der Waals surface area contributed by atoms with Crippen LogP contribution in [-0.4, -0.2) is 24.5 Å². The summed E-state index contributed by atoms with van der Waals surface area (Å²) in [6, 6.07) is 0. The molecule has 0 fully saturated rings. The number of rotatable bonds is 4. The topological polar surface area (TPSA) is 69.7 Å². The molecule has 0 unspecified atom stereocenters. The largest absolute Gasteiger partial charge is 0.452 e. The maximum Gasteiger partial charge on any atom is 0.342 e. The Morgan fingerprint density at radius 3 is 2.62 bits per heavy atom. The Kier molecular flexibility index (Phi) is 3.84. The van der Waals surface area contributed by atoms with Crippen molar-refractivity contribution in [1.29, 1.82) is 0 Å². The highest BCUT2D eigenvalue weighted by molar-refractivity contribution is 6.12. The molecule has 0 radical (unpaired) electrons. The van der Waals surface area contributed by atoms with E-state index in [1.807, 2.05) is 0 Å². The molecule has 5 heteroatoms. The number of terminal acetylenes is 1. The third-order valence-electron chi connectivity index (χ3n) is 2.09. The predicted octanol–water partition coefficient (Wildman–Crippen LogP) is 0.343. The van der Waals surface area contributed by atoms with Crippen LogP contribution >= 0.6 is 0 Å². The number of ether oxygens (including phenoxy) is 2. The Bertz CT molecular complexity index is 411. The zero-order valence-electron chi connectivity index (χ0n) is 8.74. The third-order valence-corrected chi connectivity index (χ3v) is 2.09. The quantitative estimate of drug-likeness (QED) is 0.390. The molecule has 16 heavy (non-hydrogen) atoms. The lowest BCUT2D eigenvalue weighted by Gasteiger charge is -2.00. The van der Waals surface area contributed by atoms with E-state index in [0.29, 0.717) is 0 Å². The van der Waals surface area contributed by atoms with Crippen molar-refractivity contribution in [3.05, 3.63) is 11.1 Å². The van der Waals surface area contributed by atoms with Gasteiger partial charge >= 0.3 is 17.9 Å². The van der Waals surface area contributed by atoms with Gasteiger partial charge in [-0.15, -0.1) is 6.42 Å². The fraction of sp³-hybridized carbons (Fsp3) is 0.364. The molecule has 0 aromatic carbocycles. The first-order valence-electron chi connectivity index (χ1n) is 4.61. The van der Waals surface area contributed by atoms with Crippen molar-refractivity contribution in [3.8, 4) is 12.3 Å². The molecular formula is C11H10O5. The van der Waals surface area contributed by atoms with Gasteiger partial charge in [0, 0.05) is 17.6 Å². The van der Waals surface area contributed by atoms with Crippen molar-refractivity contribution in [2.45, 2.75) is 19.8 Å². The van der Waals surface area contributed by atoms with Crippen molar-refractivity contribution in [2.75, 3.05) is 6.61 Å². The van der Waals surface area contributed by atoms with E-state index in [4.69, 9.17) is 6.42 Å². The van der Waals surface area contributed by atoms with Crippen LogP contribution in [0.25, 0.3) is 0 Å². The van der Waals surface area contributed by atoms with Gasteiger partial charge in [-0.25, -0.2) is 9.59 Å². The van der Waals surface area contributed by atoms with E-state index in [9.17, 15) is 14.4 Å². The lowest BCUT2D eigenvalue weighted by molar-refractivity contribution is -0.151. The number of carbonyl (C=O) groups excluding carboxylic acids is 3. The summed E-state index contributed by atoms with van der Waals surface area (Å²) >= 11 is 0. The van der Waals surface area contributed by atoms with E-state index in [1.54, 1.807) is 0 Å². The smallest absolute Gasteiger partial charge is 0.342 e. The van der Waals surface area contributed by atoms with Crippen LogP contribution in [0.4, 0.5) is 0 Å². The molecule has 0 spiro atoms. The summed E-state index contributed by atoms with van der Waals surface area (Å²) in [7, 11) is 0. The van der Waals surface area contributed by atoms with Gasteiger partial charge in [0.25, 0.3) is 0 Å². The number of cyclic esters (lactones) is 2. The average molecular weight is 222 g/mol. The summed E-state index contributed by atoms with van der Waals surface area (Å²) in [5.74, 6) is 0.298. The Labute approximate surface area is 92.4 Å². The first-order valence-corrected chi connectivity index (χ1v) is 4.61. The van der Waals surface area contributed by atoms with Gasteiger partial charge in [0.05, 0.1) is 0 Å². The zero-order valence-corrected chi connectivity index (χ0v) is 8.74. The minimum Gasteiger partial charge on any atom is -0.452 e. The van der Waals surface area contributed by atoms with Crippen LogP contribution in [0.3, 0.4) is 0 Å². The standard InChI is InChI=1S/C11H10O5/c1-3-6-15-9(12)5-4-8-7(2)10(13)16-11(8)14/h1H,4-6H2,2H3. The monoisotopic (exact) mass is 222 g/mol. The molecule has 84 valence electrons. The summed E-state index contributed by atoms with van der Waals surface area (Å²) in [5.41, 5.74) is 0.470. The highest BCUT2D eigenvalue weighted by Gasteiger charge is 2.29. The SMILES string of the molecule is C#CCOC(=O)CCC1=C(C)C(=O)OC1=O.